The van der Waals surface area contributed by atoms with Crippen molar-refractivity contribution in [3.8, 4) is 22.5 Å². The Balaban J connectivity index is 1.92. The molecule has 0 atom stereocenters. The predicted molar refractivity (Wildman–Crippen MR) is 123 cm³/mol. The molecule has 3 rings (SSSR count). The van der Waals surface area contributed by atoms with Crippen molar-refractivity contribution in [2.45, 2.75) is 32.7 Å². The lowest BCUT2D eigenvalue weighted by atomic mass is 10.0. The minimum Gasteiger partial charge on any atom is -0.480 e. The van der Waals surface area contributed by atoms with Crippen molar-refractivity contribution in [3.63, 3.8) is 0 Å². The average molecular weight is 424 g/mol. The summed E-state index contributed by atoms with van der Waals surface area (Å²) in [5.41, 5.74) is 3.08. The SMILES string of the molecule is [2H]C([2H])(OCCCC([2H])([2H])N(c1cnc(-c2ccccc2)c(-c2ccccc2)n1)C(C)C)C(=O)O. The molecule has 0 amide bonds. The Morgan fingerprint density at radius 2 is 1.65 bits per heavy atom. The van der Waals surface area contributed by atoms with Crippen molar-refractivity contribution in [2.24, 2.45) is 0 Å². The van der Waals surface area contributed by atoms with Gasteiger partial charge in [-0.25, -0.2) is 9.78 Å². The monoisotopic (exact) mass is 423 g/mol. The van der Waals surface area contributed by atoms with Crippen LogP contribution in [-0.4, -0.2) is 46.7 Å². The number of aliphatic carboxylic acids is 1. The fraction of sp³-hybridized carbons (Fsp3) is 0.320. The minimum atomic E-state index is -2.81. The van der Waals surface area contributed by atoms with Crippen molar-refractivity contribution < 1.29 is 20.1 Å². The van der Waals surface area contributed by atoms with E-state index in [9.17, 15) is 4.79 Å². The Hall–Kier alpha value is -3.25. The van der Waals surface area contributed by atoms with E-state index in [0.29, 0.717) is 17.2 Å². The van der Waals surface area contributed by atoms with Crippen LogP contribution in [0, 0.1) is 0 Å². The zero-order valence-electron chi connectivity index (χ0n) is 21.7. The summed E-state index contributed by atoms with van der Waals surface area (Å²) in [5.74, 6) is -1.35. The molecule has 0 aliphatic carbocycles. The summed E-state index contributed by atoms with van der Waals surface area (Å²) < 4.78 is 36.9. The van der Waals surface area contributed by atoms with E-state index in [1.807, 2.05) is 74.5 Å². The lowest BCUT2D eigenvalue weighted by Crippen LogP contribution is -2.33. The van der Waals surface area contributed by atoms with Crippen LogP contribution in [0.15, 0.2) is 66.9 Å². The van der Waals surface area contributed by atoms with Crippen LogP contribution in [0.3, 0.4) is 0 Å². The number of carboxylic acids is 1. The largest absolute Gasteiger partial charge is 0.480 e. The normalized spacial score (nSPS) is 13.8. The number of hydrogen-bond donors (Lipinski definition) is 1. The maximum Gasteiger partial charge on any atom is 0.329 e. The molecule has 1 heterocycles. The van der Waals surface area contributed by atoms with Gasteiger partial charge in [-0.05, 0) is 26.7 Å². The molecule has 0 fully saturated rings. The molecule has 0 saturated heterocycles. The second-order valence-corrected chi connectivity index (χ2v) is 7.14. The van der Waals surface area contributed by atoms with Gasteiger partial charge in [0.15, 0.2) is 0 Å². The first-order valence-electron chi connectivity index (χ1n) is 12.2. The molecule has 31 heavy (non-hydrogen) atoms. The first-order chi connectivity index (χ1) is 16.5. The standard InChI is InChI=1S/C25H29N3O3/c1-19(2)28(15-9-10-16-31-18-23(29)30)22-17-26-24(20-11-5-3-6-12-20)25(27-22)21-13-7-4-8-14-21/h3-8,11-14,17,19H,9-10,15-16,18H2,1-2H3,(H,29,30)/i15D2,18D2. The third-order valence-corrected chi connectivity index (χ3v) is 4.48. The van der Waals surface area contributed by atoms with Crippen molar-refractivity contribution in [3.05, 3.63) is 66.9 Å². The average Bonchev–Trinajstić information content (AvgIpc) is 2.82. The molecule has 1 aromatic heterocycles. The number of benzene rings is 2. The van der Waals surface area contributed by atoms with Gasteiger partial charge >= 0.3 is 5.97 Å². The summed E-state index contributed by atoms with van der Waals surface area (Å²) in [4.78, 5) is 21.9. The quantitative estimate of drug-likeness (QED) is 0.442. The molecule has 162 valence electrons. The van der Waals surface area contributed by atoms with E-state index in [0.717, 1.165) is 11.1 Å². The minimum absolute atomic E-state index is 0.0241. The van der Waals surface area contributed by atoms with Crippen LogP contribution in [-0.2, 0) is 9.53 Å². The van der Waals surface area contributed by atoms with Gasteiger partial charge in [0.2, 0.25) is 0 Å². The molecule has 6 heteroatoms. The Bertz CT molecular complexity index is 1130. The third-order valence-electron chi connectivity index (χ3n) is 4.48. The van der Waals surface area contributed by atoms with Crippen LogP contribution in [0.2, 0.25) is 0 Å². The van der Waals surface area contributed by atoms with Crippen LogP contribution >= 0.6 is 0 Å². The summed E-state index contributed by atoms with van der Waals surface area (Å²) >= 11 is 0. The Morgan fingerprint density at radius 3 is 2.23 bits per heavy atom. The number of carboxylic acid groups (broad SMARTS) is 1. The van der Waals surface area contributed by atoms with Crippen molar-refractivity contribution >= 4 is 11.8 Å². The van der Waals surface area contributed by atoms with Gasteiger partial charge in [-0.3, -0.25) is 4.98 Å². The van der Waals surface area contributed by atoms with E-state index in [2.05, 4.69) is 4.98 Å². The van der Waals surface area contributed by atoms with Gasteiger partial charge in [0.25, 0.3) is 0 Å². The maximum absolute atomic E-state index is 10.9. The maximum atomic E-state index is 10.9. The van der Waals surface area contributed by atoms with Gasteiger partial charge in [-0.15, -0.1) is 0 Å². The van der Waals surface area contributed by atoms with E-state index in [1.165, 1.54) is 4.90 Å². The van der Waals surface area contributed by atoms with E-state index < -0.39 is 19.0 Å². The first-order valence-corrected chi connectivity index (χ1v) is 10.2. The molecular weight excluding hydrogens is 390 g/mol. The first kappa shape index (κ1) is 17.4. The molecule has 0 saturated carbocycles. The molecule has 0 radical (unpaired) electrons. The second-order valence-electron chi connectivity index (χ2n) is 7.14. The number of aromatic nitrogens is 2. The van der Waals surface area contributed by atoms with Crippen molar-refractivity contribution in [1.29, 1.82) is 0 Å². The van der Waals surface area contributed by atoms with E-state index in [1.54, 1.807) is 6.20 Å². The molecule has 0 spiro atoms. The lowest BCUT2D eigenvalue weighted by molar-refractivity contribution is -0.142. The number of anilines is 1. The number of rotatable bonds is 11. The molecule has 0 bridgehead atoms. The summed E-state index contributed by atoms with van der Waals surface area (Å²) in [7, 11) is 0. The Labute approximate surface area is 189 Å². The second kappa shape index (κ2) is 11.2. The van der Waals surface area contributed by atoms with Crippen LogP contribution in [0.5, 0.6) is 0 Å². The van der Waals surface area contributed by atoms with Gasteiger partial charge in [0, 0.05) is 33.0 Å². The number of hydrogen-bond acceptors (Lipinski definition) is 5. The molecular formula is C25H29N3O3. The highest BCUT2D eigenvalue weighted by atomic mass is 16.5. The summed E-state index contributed by atoms with van der Waals surface area (Å²) in [6.45, 7) is -1.21. The highest BCUT2D eigenvalue weighted by Gasteiger charge is 2.17. The topological polar surface area (TPSA) is 75.5 Å². The summed E-state index contributed by atoms with van der Waals surface area (Å²) in [5, 5.41) is 8.84. The van der Waals surface area contributed by atoms with Crippen LogP contribution in [0.1, 0.15) is 32.2 Å². The van der Waals surface area contributed by atoms with Crippen molar-refractivity contribution in [1.82, 2.24) is 9.97 Å². The zero-order valence-corrected chi connectivity index (χ0v) is 17.7. The highest BCUT2D eigenvalue weighted by Crippen LogP contribution is 2.30. The Kier molecular flexibility index (Phi) is 6.31. The van der Waals surface area contributed by atoms with Gasteiger partial charge < -0.3 is 14.7 Å². The van der Waals surface area contributed by atoms with E-state index in [-0.39, 0.29) is 25.5 Å². The van der Waals surface area contributed by atoms with E-state index >= 15 is 0 Å². The zero-order chi connectivity index (χ0) is 25.6. The van der Waals surface area contributed by atoms with Crippen LogP contribution < -0.4 is 4.90 Å². The van der Waals surface area contributed by atoms with Crippen molar-refractivity contribution in [2.75, 3.05) is 24.6 Å². The van der Waals surface area contributed by atoms with Gasteiger partial charge in [-0.2, -0.15) is 0 Å². The lowest BCUT2D eigenvalue weighted by Gasteiger charge is -2.28. The number of nitrogens with zero attached hydrogens (tertiary/aromatic N) is 3. The van der Waals surface area contributed by atoms with E-state index in [4.69, 9.17) is 20.3 Å². The molecule has 0 aliphatic rings. The summed E-state index contributed by atoms with van der Waals surface area (Å²) in [6.07, 6.45) is 1.65. The molecule has 0 aliphatic heterocycles. The molecule has 3 aromatic rings. The van der Waals surface area contributed by atoms with Crippen LogP contribution in [0.4, 0.5) is 5.82 Å². The molecule has 0 unspecified atom stereocenters. The molecule has 1 N–H and O–H groups in total. The highest BCUT2D eigenvalue weighted by molar-refractivity contribution is 5.78. The van der Waals surface area contributed by atoms with Gasteiger partial charge in [-0.1, -0.05) is 60.7 Å². The number of ether oxygens (including phenoxy) is 1. The van der Waals surface area contributed by atoms with Crippen LogP contribution in [0.25, 0.3) is 22.5 Å². The fourth-order valence-electron chi connectivity index (χ4n) is 3.09. The smallest absolute Gasteiger partial charge is 0.329 e. The summed E-state index contributed by atoms with van der Waals surface area (Å²) in [6, 6.07) is 19.0. The van der Waals surface area contributed by atoms with Gasteiger partial charge in [0.05, 0.1) is 20.3 Å². The predicted octanol–water partition coefficient (Wildman–Crippen LogP) is 4.91. The Morgan fingerprint density at radius 1 is 1.03 bits per heavy atom. The molecule has 6 nitrogen and oxygen atoms in total. The number of carbonyl (C=O) groups is 1. The van der Waals surface area contributed by atoms with Gasteiger partial charge in [0.1, 0.15) is 12.4 Å². The fourth-order valence-corrected chi connectivity index (χ4v) is 3.09. The molecule has 2 aromatic carbocycles. The third kappa shape index (κ3) is 6.36.